The van der Waals surface area contributed by atoms with E-state index in [1.54, 1.807) is 13.8 Å². The summed E-state index contributed by atoms with van der Waals surface area (Å²) >= 11 is 15.0. The number of Topliss-reactive ketones (excluding diaryl/α,β-unsaturated/α-hetero) is 2. The highest BCUT2D eigenvalue weighted by atomic mass is 79.9. The second-order valence-electron chi connectivity index (χ2n) is 10.3. The van der Waals surface area contributed by atoms with Gasteiger partial charge >= 0.3 is 0 Å². The highest BCUT2D eigenvalue weighted by molar-refractivity contribution is 9.11. The number of carbonyl (C=O) groups excluding carboxylic acids is 2. The number of benzene rings is 2. The second kappa shape index (κ2) is 7.35. The average molecular weight is 676 g/mol. The summed E-state index contributed by atoms with van der Waals surface area (Å²) in [6.07, 6.45) is 1.82. The molecule has 6 heteroatoms. The zero-order chi connectivity index (χ0) is 23.3. The van der Waals surface area contributed by atoms with E-state index in [1.165, 1.54) is 22.3 Å². The molecule has 2 aliphatic rings. The van der Waals surface area contributed by atoms with Gasteiger partial charge in [0.25, 0.3) is 0 Å². The number of ketones is 2. The fourth-order valence-corrected chi connectivity index (χ4v) is 10.2. The van der Waals surface area contributed by atoms with Crippen LogP contribution < -0.4 is 0 Å². The lowest BCUT2D eigenvalue weighted by Gasteiger charge is -2.32. The zero-order valence-corrected chi connectivity index (χ0v) is 24.7. The second-order valence-corrected chi connectivity index (χ2v) is 13.6. The summed E-state index contributed by atoms with van der Waals surface area (Å²) in [4.78, 5) is 25.1. The van der Waals surface area contributed by atoms with Gasteiger partial charge < -0.3 is 0 Å². The molecule has 0 amide bonds. The number of halogens is 4. The largest absolute Gasteiger partial charge is 0.294 e. The third kappa shape index (κ3) is 3.25. The molecule has 0 saturated heterocycles. The first-order chi connectivity index (χ1) is 14.2. The van der Waals surface area contributed by atoms with Crippen molar-refractivity contribution in [1.29, 1.82) is 0 Å². The first kappa shape index (κ1) is 23.8. The maximum Gasteiger partial charge on any atom is 0.162 e. The summed E-state index contributed by atoms with van der Waals surface area (Å²) in [5.41, 5.74) is 5.77. The summed E-state index contributed by atoms with van der Waals surface area (Å²) < 4.78 is 3.40. The van der Waals surface area contributed by atoms with Gasteiger partial charge in [0.2, 0.25) is 0 Å². The molecular weight excluding hydrogens is 652 g/mol. The molecule has 0 fully saturated rings. The molecule has 31 heavy (non-hydrogen) atoms. The monoisotopic (exact) mass is 672 g/mol. The predicted molar refractivity (Wildman–Crippen MR) is 140 cm³/mol. The van der Waals surface area contributed by atoms with Gasteiger partial charge in [-0.1, -0.05) is 27.7 Å². The standard InChI is InChI=1S/C25H24Br4O2/c1-11(30)17-15(26)7-13-19(21(17)28)25(9-23(13,3)4)10-24(5,6)14-8-16(27)18(12(2)31)22(29)20(14)25/h7-8H,9-10H2,1-6H3. The Balaban J connectivity index is 2.19. The average Bonchev–Trinajstić information content (AvgIpc) is 2.93. The van der Waals surface area contributed by atoms with Crippen molar-refractivity contribution in [2.45, 2.75) is 70.6 Å². The van der Waals surface area contributed by atoms with Crippen molar-refractivity contribution in [2.75, 3.05) is 0 Å². The van der Waals surface area contributed by atoms with Gasteiger partial charge in [0.15, 0.2) is 11.6 Å². The summed E-state index contributed by atoms with van der Waals surface area (Å²) in [5, 5.41) is 0. The van der Waals surface area contributed by atoms with Gasteiger partial charge in [-0.15, -0.1) is 0 Å². The van der Waals surface area contributed by atoms with E-state index in [0.717, 1.165) is 30.7 Å². The molecule has 0 N–H and O–H groups in total. The summed E-state index contributed by atoms with van der Waals surface area (Å²) in [6.45, 7) is 12.3. The van der Waals surface area contributed by atoms with E-state index in [2.05, 4.69) is 104 Å². The Bertz CT molecular complexity index is 1100. The zero-order valence-electron chi connectivity index (χ0n) is 18.4. The number of rotatable bonds is 2. The molecule has 0 heterocycles. The van der Waals surface area contributed by atoms with Crippen LogP contribution in [-0.4, -0.2) is 11.6 Å². The number of fused-ring (bicyclic) bond motifs is 4. The fourth-order valence-electron chi connectivity index (χ4n) is 6.13. The molecule has 1 spiro atoms. The van der Waals surface area contributed by atoms with Crippen LogP contribution in [0, 0.1) is 0 Å². The number of carbonyl (C=O) groups is 2. The van der Waals surface area contributed by atoms with Crippen molar-refractivity contribution < 1.29 is 9.59 Å². The SMILES string of the molecule is CC(=O)c1c(Br)cc2c(c1Br)C1(CC2(C)C)CC(C)(C)c2cc(Br)c(C(C)=O)c(Br)c21. The van der Waals surface area contributed by atoms with Crippen LogP contribution >= 0.6 is 63.7 Å². The first-order valence-corrected chi connectivity index (χ1v) is 13.4. The lowest BCUT2D eigenvalue weighted by molar-refractivity contribution is 0.100. The molecule has 164 valence electrons. The van der Waals surface area contributed by atoms with Crippen molar-refractivity contribution in [2.24, 2.45) is 0 Å². The van der Waals surface area contributed by atoms with E-state index in [4.69, 9.17) is 0 Å². The molecular formula is C25H24Br4O2. The van der Waals surface area contributed by atoms with Crippen molar-refractivity contribution in [3.8, 4) is 0 Å². The van der Waals surface area contributed by atoms with E-state index in [-0.39, 0.29) is 27.8 Å². The molecule has 2 aromatic carbocycles. The van der Waals surface area contributed by atoms with Crippen molar-refractivity contribution in [1.82, 2.24) is 0 Å². The van der Waals surface area contributed by atoms with Crippen molar-refractivity contribution >= 4 is 75.3 Å². The molecule has 2 nitrogen and oxygen atoms in total. The molecule has 0 radical (unpaired) electrons. The highest BCUT2D eigenvalue weighted by Gasteiger charge is 2.58. The van der Waals surface area contributed by atoms with Crippen LogP contribution in [0.2, 0.25) is 0 Å². The molecule has 0 aliphatic heterocycles. The van der Waals surface area contributed by atoms with Crippen LogP contribution in [0.25, 0.3) is 0 Å². The Morgan fingerprint density at radius 2 is 1.03 bits per heavy atom. The third-order valence-electron chi connectivity index (χ3n) is 7.04. The number of hydrogen-bond acceptors (Lipinski definition) is 2. The van der Waals surface area contributed by atoms with Gasteiger partial charge in [-0.05, 0) is 136 Å². The van der Waals surface area contributed by atoms with Crippen LogP contribution in [0.1, 0.15) is 97.4 Å². The maximum absolute atomic E-state index is 12.6. The van der Waals surface area contributed by atoms with Crippen LogP contribution in [0.4, 0.5) is 0 Å². The summed E-state index contributed by atoms with van der Waals surface area (Å²) in [5.74, 6) is 0.0522. The Morgan fingerprint density at radius 3 is 1.32 bits per heavy atom. The topological polar surface area (TPSA) is 34.1 Å². The molecule has 0 saturated carbocycles. The summed E-state index contributed by atoms with van der Waals surface area (Å²) in [6, 6.07) is 4.27. The van der Waals surface area contributed by atoms with Gasteiger partial charge in [-0.3, -0.25) is 9.59 Å². The quantitative estimate of drug-likeness (QED) is 0.298. The molecule has 0 unspecified atom stereocenters. The Kier molecular flexibility index (Phi) is 5.65. The Morgan fingerprint density at radius 1 is 0.710 bits per heavy atom. The van der Waals surface area contributed by atoms with E-state index in [0.29, 0.717) is 11.1 Å². The van der Waals surface area contributed by atoms with Crippen molar-refractivity contribution in [3.05, 3.63) is 63.4 Å². The smallest absolute Gasteiger partial charge is 0.162 e. The highest BCUT2D eigenvalue weighted by Crippen LogP contribution is 2.66. The predicted octanol–water partition coefficient (Wildman–Crippen LogP) is 8.79. The van der Waals surface area contributed by atoms with Crippen molar-refractivity contribution in [3.63, 3.8) is 0 Å². The van der Waals surface area contributed by atoms with Gasteiger partial charge in [-0.25, -0.2) is 0 Å². The Hall–Kier alpha value is -0.300. The van der Waals surface area contributed by atoms with Gasteiger partial charge in [0.05, 0.1) is 0 Å². The fraction of sp³-hybridized carbons (Fsp3) is 0.440. The van der Waals surface area contributed by atoms with Crippen LogP contribution in [0.5, 0.6) is 0 Å². The molecule has 4 rings (SSSR count). The lowest BCUT2D eigenvalue weighted by atomic mass is 9.72. The molecule has 0 atom stereocenters. The van der Waals surface area contributed by atoms with Gasteiger partial charge in [0.1, 0.15) is 0 Å². The van der Waals surface area contributed by atoms with Gasteiger partial charge in [-0.2, -0.15) is 0 Å². The maximum atomic E-state index is 12.6. The molecule has 0 aromatic heterocycles. The summed E-state index contributed by atoms with van der Waals surface area (Å²) in [7, 11) is 0. The normalized spacial score (nSPS) is 19.4. The van der Waals surface area contributed by atoms with E-state index in [1.807, 2.05) is 0 Å². The van der Waals surface area contributed by atoms with Gasteiger partial charge in [0, 0.05) is 34.4 Å². The molecule has 2 aromatic rings. The molecule has 2 aliphatic carbocycles. The van der Waals surface area contributed by atoms with Crippen LogP contribution in [0.15, 0.2) is 30.0 Å². The van der Waals surface area contributed by atoms with Crippen LogP contribution in [0.3, 0.4) is 0 Å². The number of hydrogen-bond donors (Lipinski definition) is 0. The lowest BCUT2D eigenvalue weighted by Crippen LogP contribution is -2.28. The minimum absolute atomic E-state index is 0.0261. The minimum Gasteiger partial charge on any atom is -0.294 e. The van der Waals surface area contributed by atoms with E-state index >= 15 is 0 Å². The Labute approximate surface area is 217 Å². The van der Waals surface area contributed by atoms with E-state index < -0.39 is 0 Å². The van der Waals surface area contributed by atoms with E-state index in [9.17, 15) is 9.59 Å². The van der Waals surface area contributed by atoms with Crippen LogP contribution in [-0.2, 0) is 16.2 Å². The first-order valence-electron chi connectivity index (χ1n) is 10.2. The third-order valence-corrected chi connectivity index (χ3v) is 9.88. The minimum atomic E-state index is -0.300. The molecule has 0 bridgehead atoms.